The lowest BCUT2D eigenvalue weighted by molar-refractivity contribution is 0.0450. The average Bonchev–Trinajstić information content (AvgIpc) is 2.54. The van der Waals surface area contributed by atoms with E-state index in [1.807, 2.05) is 30.3 Å². The van der Waals surface area contributed by atoms with Gasteiger partial charge in [0.05, 0.1) is 12.2 Å². The number of hydrogen-bond donors (Lipinski definition) is 1. The van der Waals surface area contributed by atoms with Crippen molar-refractivity contribution in [2.75, 3.05) is 19.8 Å². The zero-order valence-corrected chi connectivity index (χ0v) is 12.3. The first kappa shape index (κ1) is 15.7. The minimum absolute atomic E-state index is 0.00851. The van der Waals surface area contributed by atoms with Gasteiger partial charge in [0.25, 0.3) is 0 Å². The van der Waals surface area contributed by atoms with E-state index in [0.29, 0.717) is 12.2 Å². The van der Waals surface area contributed by atoms with Gasteiger partial charge in [-0.1, -0.05) is 18.2 Å². The Kier molecular flexibility index (Phi) is 5.65. The molecule has 0 radical (unpaired) electrons. The maximum absolute atomic E-state index is 11.9. The van der Waals surface area contributed by atoms with E-state index in [-0.39, 0.29) is 24.7 Å². The number of rotatable bonds is 7. The molecule has 0 aliphatic carbocycles. The van der Waals surface area contributed by atoms with Crippen molar-refractivity contribution in [1.29, 1.82) is 0 Å². The first-order valence-electron chi connectivity index (χ1n) is 7.01. The number of phenolic OH excluding ortho intramolecular Hbond substituents is 1. The molecule has 0 bridgehead atoms. The fraction of sp³-hybridized carbons (Fsp3) is 0.235. The van der Waals surface area contributed by atoms with Crippen molar-refractivity contribution in [2.45, 2.75) is 6.92 Å². The van der Waals surface area contributed by atoms with Crippen LogP contribution in [0.25, 0.3) is 0 Å². The zero-order valence-electron chi connectivity index (χ0n) is 12.3. The van der Waals surface area contributed by atoms with E-state index < -0.39 is 5.97 Å². The Balaban J connectivity index is 1.83. The van der Waals surface area contributed by atoms with Crippen LogP contribution in [-0.4, -0.2) is 30.9 Å². The highest BCUT2D eigenvalue weighted by atomic mass is 16.6. The van der Waals surface area contributed by atoms with Gasteiger partial charge in [0.2, 0.25) is 0 Å². The predicted molar refractivity (Wildman–Crippen MR) is 81.5 cm³/mol. The van der Waals surface area contributed by atoms with E-state index in [4.69, 9.17) is 14.2 Å². The van der Waals surface area contributed by atoms with E-state index in [1.165, 1.54) is 18.2 Å². The second kappa shape index (κ2) is 7.93. The highest BCUT2D eigenvalue weighted by Crippen LogP contribution is 2.27. The van der Waals surface area contributed by atoms with Gasteiger partial charge in [0.15, 0.2) is 11.5 Å². The molecule has 2 aromatic rings. The minimum Gasteiger partial charge on any atom is -0.504 e. The SMILES string of the molecule is CCOc1cc(C(=O)OCCOc2ccccc2)ccc1O. The third-order valence-electron chi connectivity index (χ3n) is 2.82. The van der Waals surface area contributed by atoms with Gasteiger partial charge >= 0.3 is 5.97 Å². The first-order valence-corrected chi connectivity index (χ1v) is 7.01. The quantitative estimate of drug-likeness (QED) is 0.629. The van der Waals surface area contributed by atoms with E-state index in [2.05, 4.69) is 0 Å². The second-order valence-electron chi connectivity index (χ2n) is 4.41. The van der Waals surface area contributed by atoms with Gasteiger partial charge in [0, 0.05) is 0 Å². The van der Waals surface area contributed by atoms with E-state index >= 15 is 0 Å². The minimum atomic E-state index is -0.488. The van der Waals surface area contributed by atoms with E-state index in [9.17, 15) is 9.90 Å². The molecule has 2 aromatic carbocycles. The van der Waals surface area contributed by atoms with Gasteiger partial charge in [-0.3, -0.25) is 0 Å². The van der Waals surface area contributed by atoms with Crippen LogP contribution < -0.4 is 9.47 Å². The number of benzene rings is 2. The third-order valence-corrected chi connectivity index (χ3v) is 2.82. The molecule has 0 aliphatic rings. The van der Waals surface area contributed by atoms with Crippen molar-refractivity contribution in [3.63, 3.8) is 0 Å². The molecule has 22 heavy (non-hydrogen) atoms. The summed E-state index contributed by atoms with van der Waals surface area (Å²) in [7, 11) is 0. The zero-order chi connectivity index (χ0) is 15.8. The first-order chi connectivity index (χ1) is 10.7. The lowest BCUT2D eigenvalue weighted by Gasteiger charge is -2.09. The maximum atomic E-state index is 11.9. The van der Waals surface area contributed by atoms with Gasteiger partial charge in [-0.25, -0.2) is 4.79 Å². The summed E-state index contributed by atoms with van der Waals surface area (Å²) in [5.41, 5.74) is 0.320. The third kappa shape index (κ3) is 4.41. The lowest BCUT2D eigenvalue weighted by atomic mass is 10.2. The second-order valence-corrected chi connectivity index (χ2v) is 4.41. The molecule has 0 unspecified atom stereocenters. The molecule has 0 heterocycles. The van der Waals surface area contributed by atoms with Crippen molar-refractivity contribution < 1.29 is 24.1 Å². The molecular weight excluding hydrogens is 284 g/mol. The number of aromatic hydroxyl groups is 1. The number of carbonyl (C=O) groups is 1. The molecule has 5 heteroatoms. The monoisotopic (exact) mass is 302 g/mol. The molecule has 1 N–H and O–H groups in total. The number of phenols is 1. The highest BCUT2D eigenvalue weighted by molar-refractivity contribution is 5.90. The highest BCUT2D eigenvalue weighted by Gasteiger charge is 2.11. The summed E-state index contributed by atoms with van der Waals surface area (Å²) < 4.78 is 15.8. The molecule has 0 fully saturated rings. The van der Waals surface area contributed by atoms with Crippen molar-refractivity contribution in [1.82, 2.24) is 0 Å². The van der Waals surface area contributed by atoms with Crippen molar-refractivity contribution in [2.24, 2.45) is 0 Å². The Labute approximate surface area is 129 Å². The topological polar surface area (TPSA) is 65.0 Å². The Morgan fingerprint density at radius 3 is 2.55 bits per heavy atom. The molecule has 0 atom stereocenters. The van der Waals surface area contributed by atoms with Crippen molar-refractivity contribution in [3.8, 4) is 17.2 Å². The summed E-state index contributed by atoms with van der Waals surface area (Å²) in [5, 5.41) is 9.59. The van der Waals surface area contributed by atoms with Crippen LogP contribution in [0.2, 0.25) is 0 Å². The molecule has 0 aliphatic heterocycles. The Morgan fingerprint density at radius 1 is 1.05 bits per heavy atom. The molecule has 0 saturated heterocycles. The fourth-order valence-corrected chi connectivity index (χ4v) is 1.81. The number of hydrogen-bond acceptors (Lipinski definition) is 5. The van der Waals surface area contributed by atoms with Crippen LogP contribution in [0.3, 0.4) is 0 Å². The molecule has 2 rings (SSSR count). The van der Waals surface area contributed by atoms with Crippen LogP contribution in [0, 0.1) is 0 Å². The predicted octanol–water partition coefficient (Wildman–Crippen LogP) is 3.03. The Bertz CT molecular complexity index is 610. The van der Waals surface area contributed by atoms with Gasteiger partial charge < -0.3 is 19.3 Å². The van der Waals surface area contributed by atoms with E-state index in [1.54, 1.807) is 6.92 Å². The van der Waals surface area contributed by atoms with Gasteiger partial charge in [-0.15, -0.1) is 0 Å². The number of esters is 1. The van der Waals surface area contributed by atoms with Crippen LogP contribution in [0.4, 0.5) is 0 Å². The molecule has 0 aromatic heterocycles. The summed E-state index contributed by atoms with van der Waals surface area (Å²) in [6.07, 6.45) is 0. The van der Waals surface area contributed by atoms with Crippen LogP contribution >= 0.6 is 0 Å². The largest absolute Gasteiger partial charge is 0.504 e. The Morgan fingerprint density at radius 2 is 1.82 bits per heavy atom. The van der Waals surface area contributed by atoms with Crippen LogP contribution in [-0.2, 0) is 4.74 Å². The number of ether oxygens (including phenoxy) is 3. The molecule has 5 nitrogen and oxygen atoms in total. The molecule has 0 amide bonds. The van der Waals surface area contributed by atoms with Crippen LogP contribution in [0.15, 0.2) is 48.5 Å². The molecular formula is C17H18O5. The molecule has 0 spiro atoms. The number of carbonyl (C=O) groups excluding carboxylic acids is 1. The normalized spacial score (nSPS) is 10.0. The standard InChI is InChI=1S/C17H18O5/c1-2-20-16-12-13(8-9-15(16)18)17(19)22-11-10-21-14-6-4-3-5-7-14/h3-9,12,18H,2,10-11H2,1H3. The smallest absolute Gasteiger partial charge is 0.338 e. The number of para-hydroxylation sites is 1. The van der Waals surface area contributed by atoms with Crippen LogP contribution in [0.5, 0.6) is 17.2 Å². The van der Waals surface area contributed by atoms with Gasteiger partial charge in [0.1, 0.15) is 19.0 Å². The van der Waals surface area contributed by atoms with Gasteiger partial charge in [-0.05, 0) is 37.3 Å². The average molecular weight is 302 g/mol. The summed E-state index contributed by atoms with van der Waals surface area (Å²) >= 11 is 0. The summed E-state index contributed by atoms with van der Waals surface area (Å²) in [6.45, 7) is 2.60. The van der Waals surface area contributed by atoms with Crippen molar-refractivity contribution >= 4 is 5.97 Å². The van der Waals surface area contributed by atoms with Crippen LogP contribution in [0.1, 0.15) is 17.3 Å². The maximum Gasteiger partial charge on any atom is 0.338 e. The fourth-order valence-electron chi connectivity index (χ4n) is 1.81. The van der Waals surface area contributed by atoms with Crippen molar-refractivity contribution in [3.05, 3.63) is 54.1 Å². The molecule has 0 saturated carbocycles. The lowest BCUT2D eigenvalue weighted by Crippen LogP contribution is -2.12. The molecule has 116 valence electrons. The summed E-state index contributed by atoms with van der Waals surface area (Å²) in [4.78, 5) is 11.9. The Hall–Kier alpha value is -2.69. The van der Waals surface area contributed by atoms with Gasteiger partial charge in [-0.2, -0.15) is 0 Å². The summed E-state index contributed by atoms with van der Waals surface area (Å²) in [6, 6.07) is 13.6. The summed E-state index contributed by atoms with van der Waals surface area (Å²) in [5.74, 6) is 0.489. The van der Waals surface area contributed by atoms with E-state index in [0.717, 1.165) is 5.75 Å².